The summed E-state index contributed by atoms with van der Waals surface area (Å²) in [7, 11) is 0. The number of carbonyl (C=O) groups excluding carboxylic acids is 2. The van der Waals surface area contributed by atoms with Gasteiger partial charge in [-0.1, -0.05) is 33.1 Å². The Morgan fingerprint density at radius 3 is 2.67 bits per heavy atom. The number of aliphatic imine (C=N–C) groups is 1. The van der Waals surface area contributed by atoms with Crippen LogP contribution in [0.5, 0.6) is 5.75 Å². The number of aromatic nitrogens is 1. The molecule has 0 aliphatic carbocycles. The monoisotopic (exact) mass is 552 g/mol. The highest BCUT2D eigenvalue weighted by molar-refractivity contribution is 5.83. The van der Waals surface area contributed by atoms with Crippen LogP contribution in [0.2, 0.25) is 0 Å². The van der Waals surface area contributed by atoms with E-state index >= 15 is 0 Å². The number of rotatable bonds is 8. The molecule has 0 saturated heterocycles. The van der Waals surface area contributed by atoms with E-state index in [2.05, 4.69) is 11.9 Å². The number of unbranched alkanes of at least 4 members (excludes halogenated alkanes) is 3. The predicted molar refractivity (Wildman–Crippen MR) is 141 cm³/mol. The molecule has 0 saturated carbocycles. The van der Waals surface area contributed by atoms with Crippen LogP contribution in [-0.4, -0.2) is 55.1 Å². The van der Waals surface area contributed by atoms with E-state index in [1.165, 1.54) is 21.7 Å². The van der Waals surface area contributed by atoms with Crippen molar-refractivity contribution in [2.45, 2.75) is 82.7 Å². The number of cyclic esters (lactones) is 1. The number of aromatic hydroxyl groups is 1. The highest BCUT2D eigenvalue weighted by Crippen LogP contribution is 2.52. The molecular formula is C28H32N4O8. The first-order chi connectivity index (χ1) is 19.1. The Bertz CT molecular complexity index is 1480. The number of anilines is 1. The van der Waals surface area contributed by atoms with Gasteiger partial charge in [0, 0.05) is 24.2 Å². The fourth-order valence-corrected chi connectivity index (χ4v) is 6.34. The standard InChI is InChI=1S/C28H32N4O8/c1-3-5-6-7-10-31(26(37)38)32-21-9-8-18(34)11-17(21)13-27(29-16-33)15-30-22(23(27)32)12-20-19(24(30)35)14-40-25(36)28(20,39)4-2/h8-9,11-12,23,34,39H,3-7,10,13-15H2,1-2H3,(H,37,38)/t23?,27?,28-/m0/s1. The van der Waals surface area contributed by atoms with Crippen molar-refractivity contribution in [1.82, 2.24) is 9.58 Å². The van der Waals surface area contributed by atoms with Gasteiger partial charge in [-0.3, -0.25) is 9.80 Å². The van der Waals surface area contributed by atoms with Crippen LogP contribution in [0.3, 0.4) is 0 Å². The highest BCUT2D eigenvalue weighted by Gasteiger charge is 2.57. The minimum atomic E-state index is -2.06. The Morgan fingerprint density at radius 2 is 2.00 bits per heavy atom. The number of esters is 1. The van der Waals surface area contributed by atoms with Gasteiger partial charge in [0.15, 0.2) is 5.60 Å². The van der Waals surface area contributed by atoms with Crippen LogP contribution in [0, 0.1) is 0 Å². The molecule has 1 aromatic heterocycles. The molecule has 212 valence electrons. The zero-order valence-corrected chi connectivity index (χ0v) is 22.4. The number of amides is 1. The lowest BCUT2D eigenvalue weighted by Gasteiger charge is -2.48. The normalized spacial score (nSPS) is 24.2. The predicted octanol–water partition coefficient (Wildman–Crippen LogP) is 2.88. The minimum absolute atomic E-state index is 0.0426. The second-order valence-electron chi connectivity index (χ2n) is 10.7. The zero-order chi connectivity index (χ0) is 28.8. The topological polar surface area (TPSA) is 162 Å². The summed E-state index contributed by atoms with van der Waals surface area (Å²) in [5, 5.41) is 34.6. The Hall–Kier alpha value is -4.15. The fraction of sp³-hybridized carbons (Fsp3) is 0.500. The molecule has 0 radical (unpaired) electrons. The number of ether oxygens (including phenoxy) is 1. The number of nitrogens with zero attached hydrogens (tertiary/aromatic N) is 4. The third-order valence-electron chi connectivity index (χ3n) is 8.32. The van der Waals surface area contributed by atoms with Gasteiger partial charge in [-0.2, -0.15) is 4.99 Å². The average Bonchev–Trinajstić information content (AvgIpc) is 3.24. The Morgan fingerprint density at radius 1 is 1.23 bits per heavy atom. The fourth-order valence-electron chi connectivity index (χ4n) is 6.34. The molecule has 5 rings (SSSR count). The van der Waals surface area contributed by atoms with Crippen LogP contribution in [0.4, 0.5) is 10.5 Å². The third-order valence-corrected chi connectivity index (χ3v) is 8.32. The van der Waals surface area contributed by atoms with Crippen molar-refractivity contribution in [3.8, 4) is 5.75 Å². The van der Waals surface area contributed by atoms with Gasteiger partial charge in [0.2, 0.25) is 6.08 Å². The maximum absolute atomic E-state index is 13.8. The molecule has 3 aliphatic rings. The molecule has 3 aliphatic heterocycles. The molecule has 0 fully saturated rings. The smallest absolute Gasteiger partial charge is 0.426 e. The van der Waals surface area contributed by atoms with E-state index < -0.39 is 34.8 Å². The molecule has 3 atom stereocenters. The van der Waals surface area contributed by atoms with Gasteiger partial charge in [-0.05, 0) is 42.7 Å². The molecule has 1 amide bonds. The number of aliphatic hydroxyl groups is 1. The van der Waals surface area contributed by atoms with Gasteiger partial charge in [-0.15, -0.1) is 0 Å². The van der Waals surface area contributed by atoms with Gasteiger partial charge >= 0.3 is 12.1 Å². The molecule has 12 nitrogen and oxygen atoms in total. The quantitative estimate of drug-likeness (QED) is 0.193. The molecule has 4 heterocycles. The summed E-state index contributed by atoms with van der Waals surface area (Å²) < 4.78 is 6.56. The number of phenols is 1. The number of isocyanates is 1. The first kappa shape index (κ1) is 27.4. The molecule has 1 aromatic carbocycles. The molecule has 0 spiro atoms. The summed E-state index contributed by atoms with van der Waals surface area (Å²) in [4.78, 5) is 55.2. The maximum atomic E-state index is 13.8. The number of carbonyl (C=O) groups is 2. The van der Waals surface area contributed by atoms with E-state index in [-0.39, 0.29) is 49.4 Å². The number of pyridine rings is 1. The maximum Gasteiger partial charge on any atom is 0.426 e. The highest BCUT2D eigenvalue weighted by atomic mass is 16.6. The van der Waals surface area contributed by atoms with Crippen molar-refractivity contribution in [2.75, 3.05) is 11.6 Å². The summed E-state index contributed by atoms with van der Waals surface area (Å²) in [6.45, 7) is 3.38. The lowest BCUT2D eigenvalue weighted by Crippen LogP contribution is -2.57. The van der Waals surface area contributed by atoms with Gasteiger partial charge < -0.3 is 24.6 Å². The average molecular weight is 553 g/mol. The van der Waals surface area contributed by atoms with Crippen LogP contribution in [-0.2, 0) is 39.5 Å². The van der Waals surface area contributed by atoms with Crippen molar-refractivity contribution in [1.29, 1.82) is 0 Å². The van der Waals surface area contributed by atoms with E-state index in [4.69, 9.17) is 4.74 Å². The van der Waals surface area contributed by atoms with Crippen molar-refractivity contribution in [3.05, 3.63) is 57.0 Å². The van der Waals surface area contributed by atoms with Crippen molar-refractivity contribution in [2.24, 2.45) is 4.99 Å². The molecular weight excluding hydrogens is 520 g/mol. The number of hydrazine groups is 1. The van der Waals surface area contributed by atoms with Gasteiger partial charge in [0.1, 0.15) is 23.9 Å². The number of carboxylic acid groups (broad SMARTS) is 1. The summed E-state index contributed by atoms with van der Waals surface area (Å²) in [6.07, 6.45) is 3.70. The number of benzene rings is 1. The van der Waals surface area contributed by atoms with E-state index in [0.29, 0.717) is 23.4 Å². The molecule has 2 aromatic rings. The second-order valence-corrected chi connectivity index (χ2v) is 10.7. The van der Waals surface area contributed by atoms with Gasteiger partial charge in [-0.25, -0.2) is 19.4 Å². The number of hydrogen-bond acceptors (Lipinski definition) is 9. The van der Waals surface area contributed by atoms with Crippen LogP contribution in [0.1, 0.15) is 74.4 Å². The summed E-state index contributed by atoms with van der Waals surface area (Å²) in [5.74, 6) is -0.912. The van der Waals surface area contributed by atoms with Crippen LogP contribution in [0.25, 0.3) is 0 Å². The molecule has 0 bridgehead atoms. The summed E-state index contributed by atoms with van der Waals surface area (Å²) in [6, 6.07) is 5.12. The van der Waals surface area contributed by atoms with Crippen molar-refractivity contribution < 1.29 is 34.4 Å². The molecule has 40 heavy (non-hydrogen) atoms. The van der Waals surface area contributed by atoms with E-state index in [0.717, 1.165) is 24.3 Å². The number of fused-ring (bicyclic) bond motifs is 5. The van der Waals surface area contributed by atoms with Crippen LogP contribution >= 0.6 is 0 Å². The molecule has 2 unspecified atom stereocenters. The molecule has 3 N–H and O–H groups in total. The zero-order valence-electron chi connectivity index (χ0n) is 22.4. The SMILES string of the molecule is CCCCCCN(C(=O)O)N1c2ccc(O)cc2CC2(N=C=O)Cn3c(cc4c(c3=O)COC(=O)[C@]4(O)CC)C12. The Kier molecular flexibility index (Phi) is 6.93. The second kappa shape index (κ2) is 10.1. The third kappa shape index (κ3) is 4.06. The largest absolute Gasteiger partial charge is 0.508 e. The number of phenolic OH excluding ortho intramolecular Hbond substituents is 1. The van der Waals surface area contributed by atoms with Gasteiger partial charge in [0.25, 0.3) is 5.56 Å². The molecule has 12 heteroatoms. The van der Waals surface area contributed by atoms with Crippen LogP contribution < -0.4 is 10.6 Å². The van der Waals surface area contributed by atoms with E-state index in [1.54, 1.807) is 25.1 Å². The Balaban J connectivity index is 1.77. The number of hydrogen-bond donors (Lipinski definition) is 3. The summed E-state index contributed by atoms with van der Waals surface area (Å²) in [5.41, 5.74) is -2.38. The summed E-state index contributed by atoms with van der Waals surface area (Å²) >= 11 is 0. The lowest BCUT2D eigenvalue weighted by atomic mass is 9.79. The van der Waals surface area contributed by atoms with E-state index in [1.807, 2.05) is 0 Å². The minimum Gasteiger partial charge on any atom is -0.508 e. The lowest BCUT2D eigenvalue weighted by molar-refractivity contribution is -0.172. The van der Waals surface area contributed by atoms with Crippen molar-refractivity contribution >= 4 is 23.8 Å². The first-order valence-electron chi connectivity index (χ1n) is 13.5. The Labute approximate surface area is 230 Å². The van der Waals surface area contributed by atoms with Crippen LogP contribution in [0.15, 0.2) is 34.1 Å². The van der Waals surface area contributed by atoms with Crippen molar-refractivity contribution in [3.63, 3.8) is 0 Å². The van der Waals surface area contributed by atoms with Gasteiger partial charge in [0.05, 0.1) is 17.8 Å². The first-order valence-corrected chi connectivity index (χ1v) is 13.5. The van der Waals surface area contributed by atoms with E-state index in [9.17, 15) is 34.5 Å².